The summed E-state index contributed by atoms with van der Waals surface area (Å²) < 4.78 is 0. The second kappa shape index (κ2) is 4.36. The average Bonchev–Trinajstić information content (AvgIpc) is 2.26. The molecule has 0 amide bonds. The highest BCUT2D eigenvalue weighted by Crippen LogP contribution is 2.42. The lowest BCUT2D eigenvalue weighted by Gasteiger charge is -2.37. The molecule has 0 spiro atoms. The number of aliphatic hydroxyl groups excluding tert-OH is 1. The van der Waals surface area contributed by atoms with Crippen LogP contribution in [0.15, 0.2) is 36.0 Å². The van der Waals surface area contributed by atoms with Crippen molar-refractivity contribution in [3.8, 4) is 0 Å². The van der Waals surface area contributed by atoms with Crippen molar-refractivity contribution in [1.82, 2.24) is 0 Å². The molecule has 2 rings (SSSR count). The Bertz CT molecular complexity index is 311. The first kappa shape index (κ1) is 10.7. The van der Waals surface area contributed by atoms with Gasteiger partial charge in [0.1, 0.15) is 0 Å². The van der Waals surface area contributed by atoms with Crippen LogP contribution < -0.4 is 0 Å². The van der Waals surface area contributed by atoms with E-state index < -0.39 is 6.10 Å². The van der Waals surface area contributed by atoms with Gasteiger partial charge in [-0.15, -0.1) is 0 Å². The molecule has 2 aliphatic rings. The minimum atomic E-state index is -0.403. The van der Waals surface area contributed by atoms with Crippen molar-refractivity contribution in [2.45, 2.75) is 38.7 Å². The zero-order valence-electron chi connectivity index (χ0n) is 9.45. The Hall–Kier alpha value is -0.820. The third kappa shape index (κ3) is 1.93. The molecule has 0 aromatic heterocycles. The van der Waals surface area contributed by atoms with Gasteiger partial charge in [-0.25, -0.2) is 0 Å². The Morgan fingerprint density at radius 2 is 2.00 bits per heavy atom. The predicted molar refractivity (Wildman–Crippen MR) is 63.5 cm³/mol. The van der Waals surface area contributed by atoms with Crippen LogP contribution in [-0.4, -0.2) is 11.2 Å². The lowest BCUT2D eigenvalue weighted by atomic mass is 9.68. The topological polar surface area (TPSA) is 20.2 Å². The van der Waals surface area contributed by atoms with Gasteiger partial charge in [-0.1, -0.05) is 43.7 Å². The third-order valence-electron chi connectivity index (χ3n) is 3.68. The smallest absolute Gasteiger partial charge is 0.0934 e. The van der Waals surface area contributed by atoms with E-state index in [1.165, 1.54) is 5.57 Å². The molecule has 0 aliphatic heterocycles. The SMILES string of the molecule is C=C1[C@H](O)C=C(CCC)[C@H]2CC=CC[C@@H]12. The molecule has 3 atom stereocenters. The number of hydrogen-bond acceptors (Lipinski definition) is 1. The Kier molecular flexibility index (Phi) is 3.11. The van der Waals surface area contributed by atoms with Crippen LogP contribution in [0.5, 0.6) is 0 Å². The summed E-state index contributed by atoms with van der Waals surface area (Å²) in [6, 6.07) is 0. The maximum absolute atomic E-state index is 9.91. The number of hydrogen-bond donors (Lipinski definition) is 1. The van der Waals surface area contributed by atoms with E-state index in [9.17, 15) is 5.11 Å². The summed E-state index contributed by atoms with van der Waals surface area (Å²) in [6.45, 7) is 6.24. The Morgan fingerprint density at radius 3 is 2.67 bits per heavy atom. The molecular weight excluding hydrogens is 184 g/mol. The van der Waals surface area contributed by atoms with Crippen LogP contribution in [0.3, 0.4) is 0 Å². The minimum absolute atomic E-state index is 0.403. The van der Waals surface area contributed by atoms with Crippen molar-refractivity contribution in [2.75, 3.05) is 0 Å². The fourth-order valence-corrected chi connectivity index (χ4v) is 2.84. The normalized spacial score (nSPS) is 34.9. The van der Waals surface area contributed by atoms with Gasteiger partial charge in [-0.05, 0) is 36.7 Å². The van der Waals surface area contributed by atoms with E-state index in [0.29, 0.717) is 11.8 Å². The molecule has 2 aliphatic carbocycles. The highest BCUT2D eigenvalue weighted by molar-refractivity contribution is 5.31. The standard InChI is InChI=1S/C14H20O/c1-3-6-11-9-14(15)10(2)12-7-4-5-8-13(11)12/h4-5,9,12-15H,2-3,6-8H2,1H3/t12-,13+,14+/m0/s1. The summed E-state index contributed by atoms with van der Waals surface area (Å²) in [5.41, 5.74) is 2.47. The van der Waals surface area contributed by atoms with Crippen molar-refractivity contribution < 1.29 is 5.11 Å². The monoisotopic (exact) mass is 204 g/mol. The first-order valence-corrected chi connectivity index (χ1v) is 5.96. The zero-order chi connectivity index (χ0) is 10.8. The quantitative estimate of drug-likeness (QED) is 0.685. The van der Waals surface area contributed by atoms with Gasteiger partial charge in [-0.3, -0.25) is 0 Å². The largest absolute Gasteiger partial charge is 0.385 e. The van der Waals surface area contributed by atoms with Crippen molar-refractivity contribution in [1.29, 1.82) is 0 Å². The molecule has 82 valence electrons. The Balaban J connectivity index is 2.26. The van der Waals surface area contributed by atoms with Gasteiger partial charge in [-0.2, -0.15) is 0 Å². The zero-order valence-corrected chi connectivity index (χ0v) is 9.45. The van der Waals surface area contributed by atoms with Crippen LogP contribution in [0.4, 0.5) is 0 Å². The average molecular weight is 204 g/mol. The van der Waals surface area contributed by atoms with Crippen molar-refractivity contribution in [2.24, 2.45) is 11.8 Å². The van der Waals surface area contributed by atoms with Crippen molar-refractivity contribution in [3.05, 3.63) is 36.0 Å². The third-order valence-corrected chi connectivity index (χ3v) is 3.68. The highest BCUT2D eigenvalue weighted by atomic mass is 16.3. The summed E-state index contributed by atoms with van der Waals surface area (Å²) >= 11 is 0. The molecule has 0 heterocycles. The van der Waals surface area contributed by atoms with E-state index in [4.69, 9.17) is 0 Å². The van der Waals surface area contributed by atoms with Crippen molar-refractivity contribution in [3.63, 3.8) is 0 Å². The van der Waals surface area contributed by atoms with Crippen LogP contribution in [0, 0.1) is 11.8 Å². The van der Waals surface area contributed by atoms with E-state index in [2.05, 4.69) is 25.7 Å². The van der Waals surface area contributed by atoms with Gasteiger partial charge in [0, 0.05) is 0 Å². The Morgan fingerprint density at radius 1 is 1.33 bits per heavy atom. The molecule has 0 saturated carbocycles. The second-order valence-corrected chi connectivity index (χ2v) is 4.67. The molecule has 1 N–H and O–H groups in total. The van der Waals surface area contributed by atoms with E-state index in [-0.39, 0.29) is 0 Å². The molecule has 1 heteroatoms. The summed E-state index contributed by atoms with van der Waals surface area (Å²) in [5.74, 6) is 1.10. The van der Waals surface area contributed by atoms with Gasteiger partial charge in [0.2, 0.25) is 0 Å². The van der Waals surface area contributed by atoms with E-state index in [1.807, 2.05) is 6.08 Å². The fourth-order valence-electron chi connectivity index (χ4n) is 2.84. The summed E-state index contributed by atoms with van der Waals surface area (Å²) in [4.78, 5) is 0. The number of rotatable bonds is 2. The maximum atomic E-state index is 9.91. The summed E-state index contributed by atoms with van der Waals surface area (Å²) in [5, 5.41) is 9.91. The van der Waals surface area contributed by atoms with Gasteiger partial charge < -0.3 is 5.11 Å². The van der Waals surface area contributed by atoms with E-state index in [1.54, 1.807) is 0 Å². The maximum Gasteiger partial charge on any atom is 0.0934 e. The van der Waals surface area contributed by atoms with E-state index in [0.717, 1.165) is 31.3 Å². The lowest BCUT2D eigenvalue weighted by molar-refractivity contribution is 0.214. The molecule has 1 nitrogen and oxygen atoms in total. The molecular formula is C14H20O. The van der Waals surface area contributed by atoms with Gasteiger partial charge in [0.05, 0.1) is 6.10 Å². The molecule has 0 radical (unpaired) electrons. The molecule has 0 unspecified atom stereocenters. The minimum Gasteiger partial charge on any atom is -0.385 e. The molecule has 0 fully saturated rings. The molecule has 0 bridgehead atoms. The molecule has 0 aromatic rings. The highest BCUT2D eigenvalue weighted by Gasteiger charge is 2.33. The lowest BCUT2D eigenvalue weighted by Crippen LogP contribution is -2.30. The van der Waals surface area contributed by atoms with Crippen LogP contribution in [-0.2, 0) is 0 Å². The molecule has 0 aromatic carbocycles. The number of aliphatic hydroxyl groups is 1. The van der Waals surface area contributed by atoms with Crippen LogP contribution in [0.2, 0.25) is 0 Å². The second-order valence-electron chi connectivity index (χ2n) is 4.67. The predicted octanol–water partition coefficient (Wildman–Crippen LogP) is 3.23. The number of allylic oxidation sites excluding steroid dienone is 3. The van der Waals surface area contributed by atoms with Crippen LogP contribution >= 0.6 is 0 Å². The van der Waals surface area contributed by atoms with Gasteiger partial charge in [0.25, 0.3) is 0 Å². The summed E-state index contributed by atoms with van der Waals surface area (Å²) in [6.07, 6.45) is 10.6. The molecule has 0 saturated heterocycles. The molecule has 15 heavy (non-hydrogen) atoms. The van der Waals surface area contributed by atoms with Crippen molar-refractivity contribution >= 4 is 0 Å². The van der Waals surface area contributed by atoms with E-state index >= 15 is 0 Å². The van der Waals surface area contributed by atoms with Gasteiger partial charge in [0.15, 0.2) is 0 Å². The number of fused-ring (bicyclic) bond motifs is 1. The summed E-state index contributed by atoms with van der Waals surface area (Å²) in [7, 11) is 0. The van der Waals surface area contributed by atoms with Gasteiger partial charge >= 0.3 is 0 Å². The first-order chi connectivity index (χ1) is 7.24. The fraction of sp³-hybridized carbons (Fsp3) is 0.571. The Labute approximate surface area is 92.2 Å². The van der Waals surface area contributed by atoms with Crippen LogP contribution in [0.25, 0.3) is 0 Å². The first-order valence-electron chi connectivity index (χ1n) is 5.96. The van der Waals surface area contributed by atoms with Crippen LogP contribution in [0.1, 0.15) is 32.6 Å².